The quantitative estimate of drug-likeness (QED) is 0.486. The van der Waals surface area contributed by atoms with Gasteiger partial charge in [-0.05, 0) is 30.7 Å². The SMILES string of the molecule is CC(C)Sc1nc2sc3c(c2c2nnc(SCC[NH+](C)C)n12)[C@@H](C)CCC3. The number of nitrogens with zero attached hydrogens (tertiary/aromatic N) is 4. The minimum absolute atomic E-state index is 0.470. The molecule has 0 amide bonds. The number of hydrogen-bond acceptors (Lipinski definition) is 6. The van der Waals surface area contributed by atoms with Gasteiger partial charge in [-0.1, -0.05) is 44.3 Å². The average Bonchev–Trinajstić information content (AvgIpc) is 3.16. The van der Waals surface area contributed by atoms with Crippen molar-refractivity contribution in [2.24, 2.45) is 0 Å². The highest BCUT2D eigenvalue weighted by atomic mass is 32.2. The summed E-state index contributed by atoms with van der Waals surface area (Å²) in [7, 11) is 4.37. The molecule has 27 heavy (non-hydrogen) atoms. The number of quaternary nitrogens is 1. The van der Waals surface area contributed by atoms with Crippen molar-refractivity contribution in [2.75, 3.05) is 26.4 Å². The zero-order valence-electron chi connectivity index (χ0n) is 16.7. The summed E-state index contributed by atoms with van der Waals surface area (Å²) in [5.74, 6) is 1.62. The van der Waals surface area contributed by atoms with Crippen LogP contribution >= 0.6 is 34.9 Å². The van der Waals surface area contributed by atoms with E-state index in [1.807, 2.05) is 23.1 Å². The second kappa shape index (κ2) is 7.89. The van der Waals surface area contributed by atoms with Crippen LogP contribution in [0.2, 0.25) is 0 Å². The molecule has 3 aromatic rings. The smallest absolute Gasteiger partial charge is 0.197 e. The third kappa shape index (κ3) is 3.73. The molecule has 4 rings (SSSR count). The molecule has 8 heteroatoms. The van der Waals surface area contributed by atoms with Crippen LogP contribution in [0.25, 0.3) is 15.9 Å². The van der Waals surface area contributed by atoms with Gasteiger partial charge in [-0.25, -0.2) is 9.38 Å². The van der Waals surface area contributed by atoms with E-state index in [0.29, 0.717) is 11.2 Å². The van der Waals surface area contributed by atoms with Crippen molar-refractivity contribution in [2.45, 2.75) is 61.5 Å². The molecule has 146 valence electrons. The number of aromatic nitrogens is 4. The van der Waals surface area contributed by atoms with E-state index in [0.717, 1.165) is 33.1 Å². The van der Waals surface area contributed by atoms with Crippen molar-refractivity contribution in [1.29, 1.82) is 0 Å². The molecule has 1 aliphatic carbocycles. The summed E-state index contributed by atoms with van der Waals surface area (Å²) in [6, 6.07) is 0. The van der Waals surface area contributed by atoms with E-state index in [1.165, 1.54) is 40.0 Å². The summed E-state index contributed by atoms with van der Waals surface area (Å²) < 4.78 is 2.22. The predicted molar refractivity (Wildman–Crippen MR) is 117 cm³/mol. The Morgan fingerprint density at radius 1 is 1.26 bits per heavy atom. The van der Waals surface area contributed by atoms with Gasteiger partial charge in [-0.2, -0.15) is 0 Å². The first-order chi connectivity index (χ1) is 13.0. The van der Waals surface area contributed by atoms with Crippen LogP contribution in [0.15, 0.2) is 10.3 Å². The Labute approximate surface area is 173 Å². The number of aryl methyl sites for hydroxylation is 1. The lowest BCUT2D eigenvalue weighted by molar-refractivity contribution is -0.855. The summed E-state index contributed by atoms with van der Waals surface area (Å²) in [5, 5.41) is 13.0. The Balaban J connectivity index is 1.89. The fourth-order valence-corrected chi connectivity index (χ4v) is 7.04. The number of thiophene rings is 1. The highest BCUT2D eigenvalue weighted by Crippen LogP contribution is 2.44. The Kier molecular flexibility index (Phi) is 5.69. The third-order valence-corrected chi connectivity index (χ3v) is 8.00. The molecule has 1 aliphatic rings. The van der Waals surface area contributed by atoms with E-state index in [2.05, 4.69) is 49.5 Å². The minimum Gasteiger partial charge on any atom is -0.339 e. The van der Waals surface area contributed by atoms with Crippen molar-refractivity contribution < 1.29 is 4.90 Å². The summed E-state index contributed by atoms with van der Waals surface area (Å²) in [5.41, 5.74) is 2.50. The largest absolute Gasteiger partial charge is 0.339 e. The lowest BCUT2D eigenvalue weighted by Gasteiger charge is -2.18. The first-order valence-electron chi connectivity index (χ1n) is 9.74. The van der Waals surface area contributed by atoms with Crippen LogP contribution in [-0.2, 0) is 6.42 Å². The van der Waals surface area contributed by atoms with Gasteiger partial charge in [0, 0.05) is 10.1 Å². The van der Waals surface area contributed by atoms with Gasteiger partial charge in [0.2, 0.25) is 0 Å². The number of nitrogens with one attached hydrogen (secondary N) is 1. The Morgan fingerprint density at radius 2 is 2.07 bits per heavy atom. The van der Waals surface area contributed by atoms with E-state index in [1.54, 1.807) is 11.8 Å². The molecule has 0 saturated heterocycles. The van der Waals surface area contributed by atoms with Gasteiger partial charge in [0.15, 0.2) is 16.0 Å². The maximum atomic E-state index is 5.10. The van der Waals surface area contributed by atoms with E-state index >= 15 is 0 Å². The van der Waals surface area contributed by atoms with Crippen molar-refractivity contribution in [3.05, 3.63) is 10.4 Å². The summed E-state index contributed by atoms with van der Waals surface area (Å²) >= 11 is 5.48. The van der Waals surface area contributed by atoms with Gasteiger partial charge < -0.3 is 4.90 Å². The molecule has 0 spiro atoms. The summed E-state index contributed by atoms with van der Waals surface area (Å²) in [6.45, 7) is 7.89. The fraction of sp³-hybridized carbons (Fsp3) is 0.632. The molecule has 0 aromatic carbocycles. The molecule has 3 aromatic heterocycles. The molecule has 3 heterocycles. The molecule has 5 nitrogen and oxygen atoms in total. The number of rotatable bonds is 6. The van der Waals surface area contributed by atoms with E-state index in [-0.39, 0.29) is 0 Å². The number of fused-ring (bicyclic) bond motifs is 5. The van der Waals surface area contributed by atoms with Crippen LogP contribution in [0, 0.1) is 0 Å². The predicted octanol–water partition coefficient (Wildman–Crippen LogP) is 3.52. The number of thioether (sulfide) groups is 2. The third-order valence-electron chi connectivity index (χ3n) is 4.96. The van der Waals surface area contributed by atoms with E-state index in [4.69, 9.17) is 4.98 Å². The zero-order valence-corrected chi connectivity index (χ0v) is 19.2. The van der Waals surface area contributed by atoms with Gasteiger partial charge in [0.1, 0.15) is 4.83 Å². The lowest BCUT2D eigenvalue weighted by atomic mass is 9.87. The first-order valence-corrected chi connectivity index (χ1v) is 12.4. The van der Waals surface area contributed by atoms with E-state index < -0.39 is 0 Å². The van der Waals surface area contributed by atoms with Crippen LogP contribution in [0.1, 0.15) is 50.0 Å². The molecule has 0 radical (unpaired) electrons. The van der Waals surface area contributed by atoms with Crippen molar-refractivity contribution >= 4 is 50.7 Å². The first kappa shape index (κ1) is 19.5. The van der Waals surface area contributed by atoms with Crippen molar-refractivity contribution in [3.8, 4) is 0 Å². The van der Waals surface area contributed by atoms with Crippen molar-refractivity contribution in [3.63, 3.8) is 0 Å². The lowest BCUT2D eigenvalue weighted by Crippen LogP contribution is -3.06. The standard InChI is InChI=1S/C19H27N5S3/c1-11(2)26-18-20-17-15(14-12(3)7-6-8-13(14)27-17)16-21-22-19(24(16)18)25-10-9-23(4)5/h11-12H,6-10H2,1-5H3/p+1/t12-/m0/s1. The monoisotopic (exact) mass is 422 g/mol. The van der Waals surface area contributed by atoms with Gasteiger partial charge in [0.25, 0.3) is 0 Å². The van der Waals surface area contributed by atoms with E-state index in [9.17, 15) is 0 Å². The molecule has 0 bridgehead atoms. The summed E-state index contributed by atoms with van der Waals surface area (Å²) in [4.78, 5) is 9.21. The molecular formula is C19H28N5S3+. The fourth-order valence-electron chi connectivity index (χ4n) is 3.66. The van der Waals surface area contributed by atoms with Gasteiger partial charge in [0.05, 0.1) is 31.8 Å². The normalized spacial score (nSPS) is 17.5. The van der Waals surface area contributed by atoms with Crippen LogP contribution in [0.5, 0.6) is 0 Å². The van der Waals surface area contributed by atoms with Crippen LogP contribution in [0.4, 0.5) is 0 Å². The average molecular weight is 423 g/mol. The van der Waals surface area contributed by atoms with Crippen molar-refractivity contribution in [1.82, 2.24) is 19.6 Å². The number of hydrogen-bond donors (Lipinski definition) is 1. The zero-order chi connectivity index (χ0) is 19.1. The van der Waals surface area contributed by atoms with Gasteiger partial charge >= 0.3 is 0 Å². The second-order valence-electron chi connectivity index (χ2n) is 7.92. The second-order valence-corrected chi connectivity index (χ2v) is 11.6. The van der Waals surface area contributed by atoms with Crippen LogP contribution < -0.4 is 4.90 Å². The van der Waals surface area contributed by atoms with Gasteiger partial charge in [-0.15, -0.1) is 21.5 Å². The Bertz CT molecular complexity index is 959. The summed E-state index contributed by atoms with van der Waals surface area (Å²) in [6.07, 6.45) is 3.72. The van der Waals surface area contributed by atoms with Crippen LogP contribution in [-0.4, -0.2) is 51.2 Å². The molecule has 0 unspecified atom stereocenters. The molecule has 0 aliphatic heterocycles. The molecule has 1 N–H and O–H groups in total. The molecule has 1 atom stereocenters. The Morgan fingerprint density at radius 3 is 2.81 bits per heavy atom. The van der Waals surface area contributed by atoms with Crippen LogP contribution in [0.3, 0.4) is 0 Å². The topological polar surface area (TPSA) is 47.5 Å². The molecule has 0 fully saturated rings. The molecule has 0 saturated carbocycles. The maximum Gasteiger partial charge on any atom is 0.197 e. The molecular weight excluding hydrogens is 394 g/mol. The van der Waals surface area contributed by atoms with Gasteiger partial charge in [-0.3, -0.25) is 0 Å². The highest BCUT2D eigenvalue weighted by Gasteiger charge is 2.27. The minimum atomic E-state index is 0.470. The highest BCUT2D eigenvalue weighted by molar-refractivity contribution is 8.00. The maximum absolute atomic E-state index is 5.10. The Hall–Kier alpha value is -0.830.